The van der Waals surface area contributed by atoms with Gasteiger partial charge < -0.3 is 21.7 Å². The second-order valence-electron chi connectivity index (χ2n) is 24.3. The highest BCUT2D eigenvalue weighted by Crippen LogP contribution is 2.40. The van der Waals surface area contributed by atoms with E-state index in [4.69, 9.17) is 36.2 Å². The lowest BCUT2D eigenvalue weighted by molar-refractivity contribution is 0.476. The molecule has 0 atom stereocenters. The zero-order valence-electron chi connectivity index (χ0n) is 57.4. The Labute approximate surface area is 628 Å². The second-order valence-corrected chi connectivity index (χ2v) is 29.6. The number of pyridine rings is 9. The van der Waals surface area contributed by atoms with Gasteiger partial charge in [-0.25, -0.2) is 42.1 Å². The molecular formula is C81H67ClN16O7S3. The van der Waals surface area contributed by atoms with Crippen molar-refractivity contribution in [2.75, 3.05) is 21.7 Å². The first-order valence-corrected chi connectivity index (χ1v) is 38.9. The smallest absolute Gasteiger partial charge is 0.397 e. The summed E-state index contributed by atoms with van der Waals surface area (Å²) in [5.41, 5.74) is 21.4. The number of rotatable bonds is 20. The lowest BCUT2D eigenvalue weighted by Crippen LogP contribution is -2.14. The fraction of sp³-hybridized carbons (Fsp3) is 0.0617. The number of fused-ring (bicyclic) bond motifs is 3. The molecule has 6 aromatic carbocycles. The molecule has 108 heavy (non-hydrogen) atoms. The molecule has 0 radical (unpaired) electrons. The molecule has 0 bridgehead atoms. The molecule has 15 rings (SSSR count). The topological polar surface area (TPSA) is 366 Å². The molecule has 0 fully saturated rings. The standard InChI is InChI=1S/2C27H23N5O2S.C26H21N5.CClNO3S/c2*28-35(33,34)18-19-13-22(16-29-15-19)25-14-21-9-6-11-24(20-7-2-1-3-8-20)26(21)27(32-25)31-17-23-10-4-5-12-30-23;27-21-13-20(15-28-16-21)24-14-19-9-6-11-23(18-7-2-1-3-8-18)25(19)26(31-24)30-17-22-10-4-5-12-29-22;2-7(4,5)6-1-3/h2*1-16H,17-18H2,(H,31,32)(H2,28,33,34);1-16H,17,27H2,(H,30,31);. The molecule has 0 aliphatic rings. The number of nitrogens with zero attached hydrogens (tertiary/aromatic N) is 10. The molecule has 9 heterocycles. The number of primary sulfonamides is 2. The maximum Gasteiger partial charge on any atom is 0.410 e. The number of halogens is 1. The van der Waals surface area contributed by atoms with E-state index in [2.05, 4.69) is 146 Å². The summed E-state index contributed by atoms with van der Waals surface area (Å²) >= 11 is 0. The van der Waals surface area contributed by atoms with Crippen LogP contribution in [-0.4, -0.2) is 70.1 Å². The van der Waals surface area contributed by atoms with Gasteiger partial charge in [-0.15, -0.1) is 5.26 Å². The molecule has 15 aromatic rings. The number of benzene rings is 6. The Hall–Kier alpha value is -13.0. The summed E-state index contributed by atoms with van der Waals surface area (Å²) in [7, 11) is -7.05. The molecule has 0 unspecified atom stereocenters. The summed E-state index contributed by atoms with van der Waals surface area (Å²) < 4.78 is 68.7. The number of anilines is 4. The molecule has 27 heteroatoms. The lowest BCUT2D eigenvalue weighted by Gasteiger charge is -2.15. The van der Waals surface area contributed by atoms with Crippen LogP contribution in [0.4, 0.5) is 23.1 Å². The first kappa shape index (κ1) is 74.7. The molecule has 9 aromatic heterocycles. The summed E-state index contributed by atoms with van der Waals surface area (Å²) in [5.74, 6) is 1.65. The number of hydrogen-bond acceptors (Lipinski definition) is 21. The highest BCUT2D eigenvalue weighted by molar-refractivity contribution is 8.10. The van der Waals surface area contributed by atoms with E-state index >= 15 is 0 Å². The van der Waals surface area contributed by atoms with Crippen LogP contribution in [0.2, 0.25) is 0 Å². The SMILES string of the molecule is N#COS(=O)(=O)Cl.NS(=O)(=O)Cc1cncc(-c2cc3cccc(-c4ccccc4)c3c(NCc3ccccn3)n2)c1.NS(=O)(=O)Cc1cncc(-c2cc3cccc(-c4ccccc4)c3c(NCc3ccccn3)n2)c1.Nc1cncc(-c2cc3cccc(-c4ccccc4)c3c(NCc3ccccn3)n2)c1. The van der Waals surface area contributed by atoms with E-state index in [-0.39, 0.29) is 11.5 Å². The number of sulfonamides is 2. The normalized spacial score (nSPS) is 11.2. The van der Waals surface area contributed by atoms with Gasteiger partial charge in [-0.1, -0.05) is 164 Å². The van der Waals surface area contributed by atoms with Gasteiger partial charge in [0.25, 0.3) is 0 Å². The fourth-order valence-corrected chi connectivity index (χ4v) is 13.3. The molecule has 23 nitrogen and oxygen atoms in total. The van der Waals surface area contributed by atoms with Crippen LogP contribution in [0.3, 0.4) is 0 Å². The van der Waals surface area contributed by atoms with Crippen LogP contribution in [0, 0.1) is 11.5 Å². The maximum atomic E-state index is 11.6. The lowest BCUT2D eigenvalue weighted by atomic mass is 9.97. The number of aromatic nitrogens is 9. The Kier molecular flexibility index (Phi) is 24.0. The first-order chi connectivity index (χ1) is 52.3. The minimum absolute atomic E-state index is 0.287. The third kappa shape index (κ3) is 20.5. The third-order valence-electron chi connectivity index (χ3n) is 16.4. The van der Waals surface area contributed by atoms with Crippen molar-refractivity contribution < 1.29 is 29.4 Å². The van der Waals surface area contributed by atoms with Gasteiger partial charge in [0.15, 0.2) is 0 Å². The number of hydrogen-bond donors (Lipinski definition) is 6. The molecule has 0 spiro atoms. The summed E-state index contributed by atoms with van der Waals surface area (Å²) in [6, 6.07) is 78.3. The van der Waals surface area contributed by atoms with Crippen LogP contribution in [0.15, 0.2) is 292 Å². The number of nitrogens with one attached hydrogen (secondary N) is 3. The molecule has 0 saturated heterocycles. The Morgan fingerprint density at radius 1 is 0.380 bits per heavy atom. The van der Waals surface area contributed by atoms with E-state index in [1.54, 1.807) is 55.5 Å². The minimum atomic E-state index is -4.06. The van der Waals surface area contributed by atoms with Crippen molar-refractivity contribution in [3.63, 3.8) is 0 Å². The highest BCUT2D eigenvalue weighted by Gasteiger charge is 2.19. The number of nitrogen functional groups attached to an aromatic ring is 1. The first-order valence-electron chi connectivity index (χ1n) is 33.3. The van der Waals surface area contributed by atoms with E-state index in [0.717, 1.165) is 106 Å². The van der Waals surface area contributed by atoms with Crippen molar-refractivity contribution in [1.29, 1.82) is 5.26 Å². The van der Waals surface area contributed by atoms with Gasteiger partial charge in [0, 0.05) is 88.6 Å². The number of nitrogens with two attached hydrogens (primary N) is 3. The molecule has 0 aliphatic carbocycles. The van der Waals surface area contributed by atoms with Gasteiger partial charge in [-0.2, -0.15) is 8.42 Å². The van der Waals surface area contributed by atoms with Gasteiger partial charge in [0.1, 0.15) is 17.5 Å². The van der Waals surface area contributed by atoms with E-state index in [1.165, 1.54) is 12.4 Å². The Morgan fingerprint density at radius 2 is 0.704 bits per heavy atom. The van der Waals surface area contributed by atoms with Crippen LogP contribution < -0.4 is 32.0 Å². The third-order valence-corrected chi connectivity index (χ3v) is 18.4. The highest BCUT2D eigenvalue weighted by atomic mass is 35.7. The summed E-state index contributed by atoms with van der Waals surface area (Å²) in [4.78, 5) is 40.8. The van der Waals surface area contributed by atoms with Crippen molar-refractivity contribution in [2.45, 2.75) is 31.1 Å². The van der Waals surface area contributed by atoms with Crippen molar-refractivity contribution in [1.82, 2.24) is 44.9 Å². The predicted octanol–water partition coefficient (Wildman–Crippen LogP) is 15.0. The quantitative estimate of drug-likeness (QED) is 0.0305. The van der Waals surface area contributed by atoms with Crippen LogP contribution in [0.5, 0.6) is 0 Å². The monoisotopic (exact) mass is 1510 g/mol. The summed E-state index contributed by atoms with van der Waals surface area (Å²) in [6.45, 7) is 1.57. The zero-order chi connectivity index (χ0) is 75.5. The fourth-order valence-electron chi connectivity index (χ4n) is 11.9. The largest absolute Gasteiger partial charge is 0.410 e. The van der Waals surface area contributed by atoms with Crippen LogP contribution in [0.1, 0.15) is 28.2 Å². The predicted molar refractivity (Wildman–Crippen MR) is 425 cm³/mol. The Morgan fingerprint density at radius 3 is 0.991 bits per heavy atom. The Balaban J connectivity index is 0.000000145. The average Bonchev–Trinajstić information content (AvgIpc) is 0.782. The second kappa shape index (κ2) is 34.7. The molecule has 0 amide bonds. The van der Waals surface area contributed by atoms with Gasteiger partial charge in [0.05, 0.1) is 81.7 Å². The summed E-state index contributed by atoms with van der Waals surface area (Å²) in [5, 5.41) is 34.5. The van der Waals surface area contributed by atoms with Crippen molar-refractivity contribution in [3.05, 3.63) is 321 Å². The minimum Gasteiger partial charge on any atom is -0.397 e. The van der Waals surface area contributed by atoms with E-state index in [0.29, 0.717) is 70.6 Å². The van der Waals surface area contributed by atoms with Gasteiger partial charge in [0.2, 0.25) is 20.0 Å². The molecule has 538 valence electrons. The Bertz CT molecular complexity index is 5810. The van der Waals surface area contributed by atoms with Crippen LogP contribution in [0.25, 0.3) is 99.5 Å². The average molecular weight is 1510 g/mol. The molecule has 0 aliphatic heterocycles. The molecular weight excluding hydrogens is 1440 g/mol. The van der Waals surface area contributed by atoms with Crippen molar-refractivity contribution >= 4 is 95.5 Å². The van der Waals surface area contributed by atoms with E-state index in [9.17, 15) is 25.3 Å². The van der Waals surface area contributed by atoms with Crippen LogP contribution in [-0.2, 0) is 64.7 Å². The maximum absolute atomic E-state index is 11.6. The van der Waals surface area contributed by atoms with Gasteiger partial charge >= 0.3 is 15.6 Å². The van der Waals surface area contributed by atoms with E-state index in [1.807, 2.05) is 140 Å². The van der Waals surface area contributed by atoms with Crippen molar-refractivity contribution in [2.24, 2.45) is 10.3 Å². The van der Waals surface area contributed by atoms with Crippen molar-refractivity contribution in [3.8, 4) is 73.4 Å². The van der Waals surface area contributed by atoms with Gasteiger partial charge in [-0.05, 0) is 133 Å². The summed E-state index contributed by atoms with van der Waals surface area (Å²) in [6.07, 6.45) is 16.0. The molecule has 0 saturated carbocycles. The van der Waals surface area contributed by atoms with Gasteiger partial charge in [-0.3, -0.25) is 34.1 Å². The van der Waals surface area contributed by atoms with E-state index < -0.39 is 29.4 Å². The zero-order valence-corrected chi connectivity index (χ0v) is 60.6. The number of nitriles is 1. The molecule has 9 N–H and O–H groups in total. The van der Waals surface area contributed by atoms with Crippen LogP contribution >= 0.6 is 10.7 Å².